The number of hydrogen-bond acceptors (Lipinski definition) is 3. The topological polar surface area (TPSA) is 44.4 Å². The molecule has 0 aromatic rings. The van der Waals surface area contributed by atoms with Gasteiger partial charge in [-0.05, 0) is 26.2 Å². The van der Waals surface area contributed by atoms with Gasteiger partial charge in [-0.3, -0.25) is 9.80 Å². The average Bonchev–Trinajstić information content (AvgIpc) is 2.28. The van der Waals surface area contributed by atoms with Crippen LogP contribution >= 0.6 is 0 Å². The van der Waals surface area contributed by atoms with Gasteiger partial charge >= 0.3 is 0 Å². The van der Waals surface area contributed by atoms with Crippen molar-refractivity contribution in [1.82, 2.24) is 15.8 Å². The van der Waals surface area contributed by atoms with Crippen LogP contribution in [0.3, 0.4) is 0 Å². The monoisotopic (exact) mass is 225 g/mol. The van der Waals surface area contributed by atoms with E-state index in [-0.39, 0.29) is 12.1 Å². The zero-order chi connectivity index (χ0) is 12.1. The van der Waals surface area contributed by atoms with Crippen molar-refractivity contribution < 1.29 is 4.79 Å². The van der Waals surface area contributed by atoms with Crippen molar-refractivity contribution in [2.45, 2.75) is 52.6 Å². The molecule has 2 N–H and O–H groups in total. The quantitative estimate of drug-likeness (QED) is 0.749. The van der Waals surface area contributed by atoms with E-state index < -0.39 is 0 Å². The summed E-state index contributed by atoms with van der Waals surface area (Å²) in [6.45, 7) is 6.23. The number of nitrogens with one attached hydrogen (secondary N) is 2. The van der Waals surface area contributed by atoms with Crippen molar-refractivity contribution in [2.75, 3.05) is 7.05 Å². The minimum atomic E-state index is 0.0721. The van der Waals surface area contributed by atoms with Crippen LogP contribution in [0.5, 0.6) is 0 Å². The first kappa shape index (κ1) is 13.0. The van der Waals surface area contributed by atoms with Gasteiger partial charge in [-0.25, -0.2) is 5.43 Å². The van der Waals surface area contributed by atoms with Gasteiger partial charge in [-0.15, -0.1) is 0 Å². The first-order valence-corrected chi connectivity index (χ1v) is 6.12. The Bertz CT molecular complexity index is 286. The summed E-state index contributed by atoms with van der Waals surface area (Å²) < 4.78 is 0. The number of carbonyl (C=O) groups excluding carboxylic acids is 1. The average molecular weight is 225 g/mol. The smallest absolute Gasteiger partial charge is 0.250 e. The number of rotatable bonds is 5. The standard InChI is InChI=1S/C12H23N3O/c1-5-7-8-10-9(3)15(13-4)11(6-2)14-12(10)16/h11,13H,5-8H2,1-4H3,(H,14,16). The number of amides is 1. The molecule has 0 aromatic carbocycles. The predicted molar refractivity (Wildman–Crippen MR) is 65.3 cm³/mol. The van der Waals surface area contributed by atoms with E-state index in [1.165, 1.54) is 0 Å². The van der Waals surface area contributed by atoms with Gasteiger partial charge < -0.3 is 5.32 Å². The third-order valence-electron chi connectivity index (χ3n) is 3.09. The fourth-order valence-corrected chi connectivity index (χ4v) is 2.10. The summed E-state index contributed by atoms with van der Waals surface area (Å²) >= 11 is 0. The Labute approximate surface area is 98.0 Å². The van der Waals surface area contributed by atoms with E-state index in [4.69, 9.17) is 0 Å². The lowest BCUT2D eigenvalue weighted by molar-refractivity contribution is -0.121. The van der Waals surface area contributed by atoms with E-state index in [0.29, 0.717) is 0 Å². The van der Waals surface area contributed by atoms with Crippen LogP contribution in [-0.4, -0.2) is 24.1 Å². The van der Waals surface area contributed by atoms with Gasteiger partial charge in [0.1, 0.15) is 6.17 Å². The minimum absolute atomic E-state index is 0.0721. The lowest BCUT2D eigenvalue weighted by atomic mass is 10.0. The summed E-state index contributed by atoms with van der Waals surface area (Å²) in [5, 5.41) is 5.07. The molecule has 0 aromatic heterocycles. The number of unbranched alkanes of at least 4 members (excludes halogenated alkanes) is 1. The molecular weight excluding hydrogens is 202 g/mol. The highest BCUT2D eigenvalue weighted by atomic mass is 16.2. The van der Waals surface area contributed by atoms with E-state index in [9.17, 15) is 4.79 Å². The third kappa shape index (κ3) is 2.55. The second kappa shape index (κ2) is 5.89. The molecule has 0 fully saturated rings. The Hall–Kier alpha value is -1.03. The van der Waals surface area contributed by atoms with Crippen molar-refractivity contribution in [3.8, 4) is 0 Å². The predicted octanol–water partition coefficient (Wildman–Crippen LogP) is 1.75. The first-order valence-electron chi connectivity index (χ1n) is 6.12. The molecule has 4 nitrogen and oxygen atoms in total. The van der Waals surface area contributed by atoms with Crippen LogP contribution in [0.4, 0.5) is 0 Å². The zero-order valence-corrected chi connectivity index (χ0v) is 10.8. The zero-order valence-electron chi connectivity index (χ0n) is 10.8. The number of carbonyl (C=O) groups is 1. The van der Waals surface area contributed by atoms with Gasteiger partial charge in [-0.2, -0.15) is 0 Å². The Balaban J connectivity index is 2.89. The summed E-state index contributed by atoms with van der Waals surface area (Å²) in [5.41, 5.74) is 5.12. The minimum Gasteiger partial charge on any atom is -0.331 e. The molecule has 0 radical (unpaired) electrons. The van der Waals surface area contributed by atoms with Crippen molar-refractivity contribution in [3.63, 3.8) is 0 Å². The highest BCUT2D eigenvalue weighted by Crippen LogP contribution is 2.21. The molecular formula is C12H23N3O. The molecule has 1 aliphatic heterocycles. The molecule has 0 spiro atoms. The highest BCUT2D eigenvalue weighted by Gasteiger charge is 2.28. The highest BCUT2D eigenvalue weighted by molar-refractivity contribution is 5.95. The van der Waals surface area contributed by atoms with Gasteiger partial charge in [0.2, 0.25) is 0 Å². The van der Waals surface area contributed by atoms with E-state index in [0.717, 1.165) is 37.0 Å². The van der Waals surface area contributed by atoms with Gasteiger partial charge in [0.05, 0.1) is 0 Å². The van der Waals surface area contributed by atoms with Gasteiger partial charge in [0.15, 0.2) is 0 Å². The molecule has 1 aliphatic rings. The maximum absolute atomic E-state index is 11.9. The van der Waals surface area contributed by atoms with Crippen molar-refractivity contribution >= 4 is 5.91 Å². The maximum atomic E-state index is 11.9. The Morgan fingerprint density at radius 2 is 2.12 bits per heavy atom. The van der Waals surface area contributed by atoms with Crippen molar-refractivity contribution in [1.29, 1.82) is 0 Å². The number of allylic oxidation sites excluding steroid dienone is 1. The van der Waals surface area contributed by atoms with Crippen LogP contribution in [-0.2, 0) is 4.79 Å². The number of hydrogen-bond donors (Lipinski definition) is 2. The molecule has 1 amide bonds. The molecule has 0 aliphatic carbocycles. The molecule has 0 saturated carbocycles. The number of hydrazine groups is 1. The Morgan fingerprint density at radius 3 is 2.62 bits per heavy atom. The van der Waals surface area contributed by atoms with Crippen LogP contribution < -0.4 is 10.7 Å². The summed E-state index contributed by atoms with van der Waals surface area (Å²) in [6, 6.07) is 0. The lowest BCUT2D eigenvalue weighted by Gasteiger charge is -2.38. The normalized spacial score (nSPS) is 21.4. The molecule has 1 atom stereocenters. The van der Waals surface area contributed by atoms with E-state index in [1.54, 1.807) is 0 Å². The van der Waals surface area contributed by atoms with Crippen LogP contribution in [0.2, 0.25) is 0 Å². The fourth-order valence-electron chi connectivity index (χ4n) is 2.10. The molecule has 92 valence electrons. The molecule has 0 bridgehead atoms. The fraction of sp³-hybridized carbons (Fsp3) is 0.750. The molecule has 1 heterocycles. The third-order valence-corrected chi connectivity index (χ3v) is 3.09. The van der Waals surface area contributed by atoms with Gasteiger partial charge in [-0.1, -0.05) is 20.3 Å². The molecule has 0 saturated heterocycles. The summed E-state index contributed by atoms with van der Waals surface area (Å²) in [5.74, 6) is 0.101. The largest absolute Gasteiger partial charge is 0.331 e. The summed E-state index contributed by atoms with van der Waals surface area (Å²) in [7, 11) is 1.89. The van der Waals surface area contributed by atoms with E-state index in [1.807, 2.05) is 19.0 Å². The van der Waals surface area contributed by atoms with Crippen molar-refractivity contribution in [3.05, 3.63) is 11.3 Å². The lowest BCUT2D eigenvalue weighted by Crippen LogP contribution is -2.56. The second-order valence-electron chi connectivity index (χ2n) is 4.16. The Morgan fingerprint density at radius 1 is 1.44 bits per heavy atom. The number of nitrogens with zero attached hydrogens (tertiary/aromatic N) is 1. The maximum Gasteiger partial charge on any atom is 0.250 e. The van der Waals surface area contributed by atoms with Crippen LogP contribution in [0.25, 0.3) is 0 Å². The van der Waals surface area contributed by atoms with Crippen LogP contribution in [0.1, 0.15) is 46.5 Å². The first-order chi connectivity index (χ1) is 7.65. The molecule has 4 heteroatoms. The van der Waals surface area contributed by atoms with E-state index >= 15 is 0 Å². The molecule has 16 heavy (non-hydrogen) atoms. The summed E-state index contributed by atoms with van der Waals surface area (Å²) in [6.07, 6.45) is 4.01. The Kier molecular flexibility index (Phi) is 4.80. The van der Waals surface area contributed by atoms with Crippen LogP contribution in [0.15, 0.2) is 11.3 Å². The van der Waals surface area contributed by atoms with Crippen molar-refractivity contribution in [2.24, 2.45) is 0 Å². The molecule has 1 unspecified atom stereocenters. The SMILES string of the molecule is CCCCC1=C(C)N(NC)C(CC)NC1=O. The van der Waals surface area contributed by atoms with Gasteiger partial charge in [0, 0.05) is 18.3 Å². The van der Waals surface area contributed by atoms with E-state index in [2.05, 4.69) is 24.6 Å². The van der Waals surface area contributed by atoms with Gasteiger partial charge in [0.25, 0.3) is 5.91 Å². The summed E-state index contributed by atoms with van der Waals surface area (Å²) in [4.78, 5) is 11.9. The molecule has 1 rings (SSSR count). The second-order valence-corrected chi connectivity index (χ2v) is 4.16. The van der Waals surface area contributed by atoms with Crippen LogP contribution in [0, 0.1) is 0 Å².